The quantitative estimate of drug-likeness (QED) is 0.765. The number of nitrogens with zero attached hydrogens (tertiary/aromatic N) is 2. The van der Waals surface area contributed by atoms with Crippen molar-refractivity contribution in [3.05, 3.63) is 0 Å². The first kappa shape index (κ1) is 13.8. The summed E-state index contributed by atoms with van der Waals surface area (Å²) in [5.41, 5.74) is 0. The Morgan fingerprint density at radius 1 is 1.50 bits per heavy atom. The van der Waals surface area contributed by atoms with Gasteiger partial charge >= 0.3 is 0 Å². The van der Waals surface area contributed by atoms with E-state index in [2.05, 4.69) is 11.8 Å². The highest BCUT2D eigenvalue weighted by atomic mass is 16.5. The van der Waals surface area contributed by atoms with Crippen LogP contribution in [0.5, 0.6) is 0 Å². The lowest BCUT2D eigenvalue weighted by atomic mass is 9.96. The molecule has 0 spiro atoms. The summed E-state index contributed by atoms with van der Waals surface area (Å²) in [5, 5.41) is 9.32. The zero-order valence-electron chi connectivity index (χ0n) is 11.2. The van der Waals surface area contributed by atoms with Crippen molar-refractivity contribution in [2.24, 2.45) is 5.92 Å². The number of carbonyl (C=O) groups excluding carboxylic acids is 1. The second-order valence-electron chi connectivity index (χ2n) is 5.30. The molecule has 18 heavy (non-hydrogen) atoms. The van der Waals surface area contributed by atoms with Crippen molar-refractivity contribution >= 4 is 5.91 Å². The third-order valence-electron chi connectivity index (χ3n) is 4.01. The van der Waals surface area contributed by atoms with E-state index in [1.54, 1.807) is 0 Å². The minimum Gasteiger partial charge on any atom is -0.394 e. The van der Waals surface area contributed by atoms with Crippen LogP contribution in [-0.4, -0.2) is 72.9 Å². The Morgan fingerprint density at radius 3 is 3.06 bits per heavy atom. The van der Waals surface area contributed by atoms with E-state index < -0.39 is 0 Å². The second-order valence-corrected chi connectivity index (χ2v) is 5.30. The van der Waals surface area contributed by atoms with E-state index >= 15 is 0 Å². The van der Waals surface area contributed by atoms with Gasteiger partial charge < -0.3 is 19.6 Å². The van der Waals surface area contributed by atoms with E-state index in [-0.39, 0.29) is 25.2 Å². The van der Waals surface area contributed by atoms with Crippen LogP contribution in [0.1, 0.15) is 19.8 Å². The standard InChI is InChI=1S/C13H24N2O3/c1-2-14-5-3-4-11(6-14)7-15-12(8-16)9-18-10-13(15)17/h11-12,16H,2-10H2,1H3. The zero-order valence-corrected chi connectivity index (χ0v) is 11.2. The number of hydrogen-bond donors (Lipinski definition) is 1. The number of piperidine rings is 1. The first-order chi connectivity index (χ1) is 8.74. The highest BCUT2D eigenvalue weighted by Gasteiger charge is 2.31. The van der Waals surface area contributed by atoms with Crippen LogP contribution in [0.15, 0.2) is 0 Å². The van der Waals surface area contributed by atoms with Gasteiger partial charge in [-0.2, -0.15) is 0 Å². The Kier molecular flexibility index (Phi) is 4.97. The molecule has 5 nitrogen and oxygen atoms in total. The zero-order chi connectivity index (χ0) is 13.0. The molecule has 2 heterocycles. The van der Waals surface area contributed by atoms with Gasteiger partial charge in [-0.05, 0) is 31.8 Å². The van der Waals surface area contributed by atoms with E-state index in [1.807, 2.05) is 4.90 Å². The molecule has 2 aliphatic heterocycles. The summed E-state index contributed by atoms with van der Waals surface area (Å²) in [5.74, 6) is 0.559. The van der Waals surface area contributed by atoms with Gasteiger partial charge in [-0.25, -0.2) is 0 Å². The average Bonchev–Trinajstić information content (AvgIpc) is 2.41. The number of likely N-dealkylation sites (tertiary alicyclic amines) is 1. The number of morpholine rings is 1. The van der Waals surface area contributed by atoms with Crippen LogP contribution >= 0.6 is 0 Å². The molecule has 0 aromatic rings. The molecule has 2 rings (SSSR count). The van der Waals surface area contributed by atoms with Crippen molar-refractivity contribution in [2.45, 2.75) is 25.8 Å². The third-order valence-corrected chi connectivity index (χ3v) is 4.01. The van der Waals surface area contributed by atoms with E-state index in [1.165, 1.54) is 19.4 Å². The van der Waals surface area contributed by atoms with Crippen molar-refractivity contribution in [3.8, 4) is 0 Å². The van der Waals surface area contributed by atoms with Crippen molar-refractivity contribution < 1.29 is 14.6 Å². The molecule has 0 aromatic heterocycles. The van der Waals surface area contributed by atoms with Gasteiger partial charge in [0, 0.05) is 13.1 Å². The van der Waals surface area contributed by atoms with Gasteiger partial charge in [0.1, 0.15) is 6.61 Å². The highest BCUT2D eigenvalue weighted by Crippen LogP contribution is 2.19. The van der Waals surface area contributed by atoms with Crippen LogP contribution in [0.25, 0.3) is 0 Å². The Hall–Kier alpha value is -0.650. The van der Waals surface area contributed by atoms with Crippen molar-refractivity contribution in [3.63, 3.8) is 0 Å². The lowest BCUT2D eigenvalue weighted by molar-refractivity contribution is -0.151. The summed E-state index contributed by atoms with van der Waals surface area (Å²) in [4.78, 5) is 16.1. The van der Waals surface area contributed by atoms with Gasteiger partial charge in [-0.15, -0.1) is 0 Å². The van der Waals surface area contributed by atoms with Crippen LogP contribution in [-0.2, 0) is 9.53 Å². The lowest BCUT2D eigenvalue weighted by Crippen LogP contribution is -2.54. The Morgan fingerprint density at radius 2 is 2.33 bits per heavy atom. The minimum absolute atomic E-state index is 0.00402. The normalized spacial score (nSPS) is 30.8. The number of aliphatic hydroxyl groups excluding tert-OH is 1. The third kappa shape index (κ3) is 3.22. The monoisotopic (exact) mass is 256 g/mol. The maximum absolute atomic E-state index is 11.9. The average molecular weight is 256 g/mol. The van der Waals surface area contributed by atoms with E-state index in [9.17, 15) is 9.90 Å². The smallest absolute Gasteiger partial charge is 0.248 e. The summed E-state index contributed by atoms with van der Waals surface area (Å²) in [6, 6.07) is -0.150. The van der Waals surface area contributed by atoms with Crippen LogP contribution in [0.2, 0.25) is 0 Å². The molecule has 2 saturated heterocycles. The number of amides is 1. The number of aliphatic hydroxyl groups is 1. The molecular weight excluding hydrogens is 232 g/mol. The summed E-state index contributed by atoms with van der Waals surface area (Å²) < 4.78 is 5.19. The lowest BCUT2D eigenvalue weighted by Gasteiger charge is -2.39. The second kappa shape index (κ2) is 6.50. The number of hydrogen-bond acceptors (Lipinski definition) is 4. The summed E-state index contributed by atoms with van der Waals surface area (Å²) in [6.07, 6.45) is 2.39. The van der Waals surface area contributed by atoms with Gasteiger partial charge in [-0.3, -0.25) is 4.79 Å². The molecule has 2 unspecified atom stereocenters. The van der Waals surface area contributed by atoms with Gasteiger partial charge in [0.05, 0.1) is 19.3 Å². The number of ether oxygens (including phenoxy) is 1. The summed E-state index contributed by atoms with van der Waals surface area (Å²) >= 11 is 0. The fourth-order valence-corrected chi connectivity index (χ4v) is 2.93. The molecule has 104 valence electrons. The molecule has 0 aliphatic carbocycles. The molecule has 0 radical (unpaired) electrons. The molecule has 1 N–H and O–H groups in total. The van der Waals surface area contributed by atoms with Gasteiger partial charge in [0.15, 0.2) is 0 Å². The number of carbonyl (C=O) groups is 1. The molecule has 2 aliphatic rings. The Bertz CT molecular complexity index is 285. The van der Waals surface area contributed by atoms with E-state index in [0.717, 1.165) is 19.6 Å². The van der Waals surface area contributed by atoms with Crippen LogP contribution in [0.3, 0.4) is 0 Å². The van der Waals surface area contributed by atoms with Crippen molar-refractivity contribution in [1.29, 1.82) is 0 Å². The van der Waals surface area contributed by atoms with Gasteiger partial charge in [0.25, 0.3) is 0 Å². The van der Waals surface area contributed by atoms with Gasteiger partial charge in [-0.1, -0.05) is 6.92 Å². The summed E-state index contributed by atoms with van der Waals surface area (Å²) in [7, 11) is 0. The molecule has 5 heteroatoms. The summed E-state index contributed by atoms with van der Waals surface area (Å²) in [6.45, 7) is 6.90. The Balaban J connectivity index is 1.91. The van der Waals surface area contributed by atoms with Crippen LogP contribution in [0, 0.1) is 5.92 Å². The van der Waals surface area contributed by atoms with Crippen LogP contribution < -0.4 is 0 Å². The predicted octanol–water partition coefficient (Wildman–Crippen LogP) is -0.0620. The van der Waals surface area contributed by atoms with E-state index in [0.29, 0.717) is 12.5 Å². The topological polar surface area (TPSA) is 53.0 Å². The first-order valence-corrected chi connectivity index (χ1v) is 6.95. The maximum atomic E-state index is 11.9. The molecule has 2 atom stereocenters. The maximum Gasteiger partial charge on any atom is 0.248 e. The minimum atomic E-state index is -0.150. The molecule has 1 amide bonds. The predicted molar refractivity (Wildman–Crippen MR) is 68.2 cm³/mol. The molecule has 0 aromatic carbocycles. The number of rotatable bonds is 4. The Labute approximate surface area is 109 Å². The van der Waals surface area contributed by atoms with Crippen molar-refractivity contribution in [1.82, 2.24) is 9.80 Å². The first-order valence-electron chi connectivity index (χ1n) is 6.95. The molecule has 0 saturated carbocycles. The molecular formula is C13H24N2O3. The van der Waals surface area contributed by atoms with E-state index in [4.69, 9.17) is 4.74 Å². The van der Waals surface area contributed by atoms with Crippen molar-refractivity contribution in [2.75, 3.05) is 46.0 Å². The highest BCUT2D eigenvalue weighted by molar-refractivity contribution is 5.78. The van der Waals surface area contributed by atoms with Gasteiger partial charge in [0.2, 0.25) is 5.91 Å². The fraction of sp³-hybridized carbons (Fsp3) is 0.923. The largest absolute Gasteiger partial charge is 0.394 e. The molecule has 2 fully saturated rings. The van der Waals surface area contributed by atoms with Crippen LogP contribution in [0.4, 0.5) is 0 Å². The SMILES string of the molecule is CCN1CCCC(CN2C(=O)COCC2CO)C1. The fourth-order valence-electron chi connectivity index (χ4n) is 2.93. The molecule has 0 bridgehead atoms.